The van der Waals surface area contributed by atoms with Gasteiger partial charge >= 0.3 is 5.97 Å². The van der Waals surface area contributed by atoms with Gasteiger partial charge in [-0.2, -0.15) is 0 Å². The summed E-state index contributed by atoms with van der Waals surface area (Å²) in [6.07, 6.45) is 13.5. The van der Waals surface area contributed by atoms with Crippen molar-refractivity contribution in [2.75, 3.05) is 14.2 Å². The Kier molecular flexibility index (Phi) is 7.14. The lowest BCUT2D eigenvalue weighted by atomic mass is 9.60. The number of allylic oxidation sites excluding steroid dienone is 1. The van der Waals surface area contributed by atoms with Crippen LogP contribution in [0.5, 0.6) is 0 Å². The van der Waals surface area contributed by atoms with Crippen molar-refractivity contribution >= 4 is 5.97 Å². The van der Waals surface area contributed by atoms with Crippen molar-refractivity contribution in [3.05, 3.63) is 23.8 Å². The van der Waals surface area contributed by atoms with E-state index in [2.05, 4.69) is 26.5 Å². The molecule has 4 rings (SSSR count). The molecule has 2 unspecified atom stereocenters. The fraction of sp³-hybridized carbons (Fsp3) is 0.833. The maximum Gasteiger partial charge on any atom is 0.340 e. The van der Waals surface area contributed by atoms with Gasteiger partial charge < -0.3 is 19.7 Å². The zero-order valence-electron chi connectivity index (χ0n) is 22.9. The van der Waals surface area contributed by atoms with Crippen molar-refractivity contribution in [2.24, 2.45) is 34.5 Å². The van der Waals surface area contributed by atoms with E-state index in [9.17, 15) is 15.0 Å². The summed E-state index contributed by atoms with van der Waals surface area (Å²) in [7, 11) is 3.11. The summed E-state index contributed by atoms with van der Waals surface area (Å²) in [5.74, 6) is 1.51. The highest BCUT2D eigenvalue weighted by Gasteiger charge is 2.63. The van der Waals surface area contributed by atoms with E-state index in [1.807, 2.05) is 7.11 Å². The van der Waals surface area contributed by atoms with E-state index in [1.165, 1.54) is 64.6 Å². The molecule has 0 radical (unpaired) electrons. The molecule has 4 saturated carbocycles. The maximum absolute atomic E-state index is 12.1. The van der Waals surface area contributed by atoms with Gasteiger partial charge in [0, 0.05) is 12.5 Å². The van der Waals surface area contributed by atoms with Crippen LogP contribution in [0, 0.1) is 34.5 Å². The summed E-state index contributed by atoms with van der Waals surface area (Å²) in [5, 5.41) is 21.6. The molecule has 0 aliphatic heterocycles. The van der Waals surface area contributed by atoms with Crippen LogP contribution in [0.4, 0.5) is 0 Å². The van der Waals surface area contributed by atoms with Crippen molar-refractivity contribution in [2.45, 2.75) is 109 Å². The molecule has 4 aliphatic carbocycles. The van der Waals surface area contributed by atoms with Crippen LogP contribution in [0.3, 0.4) is 0 Å². The van der Waals surface area contributed by atoms with Crippen LogP contribution in [0.1, 0.15) is 91.9 Å². The number of rotatable bonds is 9. The number of fused-ring (bicyclic) bond motifs is 2. The third kappa shape index (κ3) is 4.24. The molecular formula is C30H48O5. The van der Waals surface area contributed by atoms with Crippen LogP contribution < -0.4 is 0 Å². The molecule has 5 heteroatoms. The van der Waals surface area contributed by atoms with Gasteiger partial charge in [-0.15, -0.1) is 0 Å². The number of methoxy groups -OCH3 is 2. The van der Waals surface area contributed by atoms with E-state index in [0.717, 1.165) is 18.8 Å². The quantitative estimate of drug-likeness (QED) is 0.327. The van der Waals surface area contributed by atoms with Gasteiger partial charge in [-0.1, -0.05) is 37.6 Å². The van der Waals surface area contributed by atoms with Gasteiger partial charge in [-0.25, -0.2) is 4.79 Å². The van der Waals surface area contributed by atoms with Crippen LogP contribution in [0.2, 0.25) is 0 Å². The van der Waals surface area contributed by atoms with Crippen molar-refractivity contribution in [1.82, 2.24) is 0 Å². The molecule has 4 fully saturated rings. The summed E-state index contributed by atoms with van der Waals surface area (Å²) in [4.78, 5) is 12.1. The molecule has 2 N–H and O–H groups in total. The number of hydrogen-bond donors (Lipinski definition) is 2. The predicted octanol–water partition coefficient (Wildman–Crippen LogP) is 5.59. The zero-order chi connectivity index (χ0) is 25.8. The van der Waals surface area contributed by atoms with Crippen molar-refractivity contribution in [1.29, 1.82) is 0 Å². The van der Waals surface area contributed by atoms with Crippen LogP contribution in [0.15, 0.2) is 23.8 Å². The number of hydrogen-bond acceptors (Lipinski definition) is 5. The molecule has 0 aromatic carbocycles. The standard InChI is InChI=1S/C30H48O5/c1-19(14-16-28(4,32)29(5,33)26(31)35-7)23-12-13-24-21(9-8-15-27(23,24)3)17-25(34-6)30-18-22(30)11-10-20(30)2/h17,19,22-25,32-33H,2,8-16,18H2,1,3-7H3/b21-17+/t19-,22+,23-,24+,25-,27-,28?,29?,30-/m1/s1. The van der Waals surface area contributed by atoms with Gasteiger partial charge in [-0.05, 0) is 107 Å². The molecule has 35 heavy (non-hydrogen) atoms. The van der Waals surface area contributed by atoms with E-state index in [1.54, 1.807) is 12.5 Å². The lowest BCUT2D eigenvalue weighted by molar-refractivity contribution is -0.190. The fourth-order valence-corrected chi connectivity index (χ4v) is 8.48. The highest BCUT2D eigenvalue weighted by molar-refractivity contribution is 5.80. The molecule has 0 spiro atoms. The summed E-state index contributed by atoms with van der Waals surface area (Å²) in [6.45, 7) is 12.1. The third-order valence-corrected chi connectivity index (χ3v) is 11.2. The van der Waals surface area contributed by atoms with Gasteiger partial charge in [0.25, 0.3) is 0 Å². The minimum absolute atomic E-state index is 0.159. The largest absolute Gasteiger partial charge is 0.467 e. The first-order valence-electron chi connectivity index (χ1n) is 13.8. The second-order valence-corrected chi connectivity index (χ2v) is 12.9. The predicted molar refractivity (Wildman–Crippen MR) is 138 cm³/mol. The Morgan fingerprint density at radius 1 is 1.23 bits per heavy atom. The Balaban J connectivity index is 1.47. The molecule has 198 valence electrons. The Morgan fingerprint density at radius 2 is 1.94 bits per heavy atom. The Labute approximate surface area is 212 Å². The van der Waals surface area contributed by atoms with Gasteiger partial charge in [-0.3, -0.25) is 0 Å². The Morgan fingerprint density at radius 3 is 2.51 bits per heavy atom. The average Bonchev–Trinajstić information content (AvgIpc) is 3.31. The molecular weight excluding hydrogens is 440 g/mol. The van der Waals surface area contributed by atoms with E-state index >= 15 is 0 Å². The molecule has 0 aromatic rings. The minimum Gasteiger partial charge on any atom is -0.467 e. The first kappa shape index (κ1) is 26.9. The summed E-state index contributed by atoms with van der Waals surface area (Å²) in [6, 6.07) is 0. The van der Waals surface area contributed by atoms with E-state index in [4.69, 9.17) is 9.47 Å². The Hall–Kier alpha value is -1.17. The van der Waals surface area contributed by atoms with Crippen LogP contribution in [-0.2, 0) is 14.3 Å². The molecule has 9 atom stereocenters. The first-order valence-corrected chi connectivity index (χ1v) is 13.8. The second-order valence-electron chi connectivity index (χ2n) is 12.9. The number of aliphatic hydroxyl groups is 2. The maximum atomic E-state index is 12.1. The zero-order valence-corrected chi connectivity index (χ0v) is 22.9. The monoisotopic (exact) mass is 488 g/mol. The lowest BCUT2D eigenvalue weighted by Gasteiger charge is -2.45. The van der Waals surface area contributed by atoms with E-state index in [-0.39, 0.29) is 16.9 Å². The number of carbonyl (C=O) groups excluding carboxylic acids is 1. The van der Waals surface area contributed by atoms with E-state index in [0.29, 0.717) is 24.2 Å². The van der Waals surface area contributed by atoms with Crippen LogP contribution in [-0.4, -0.2) is 47.7 Å². The van der Waals surface area contributed by atoms with Crippen LogP contribution in [0.25, 0.3) is 0 Å². The molecule has 0 amide bonds. The van der Waals surface area contributed by atoms with Crippen molar-refractivity contribution in [3.63, 3.8) is 0 Å². The molecule has 0 aromatic heterocycles. The van der Waals surface area contributed by atoms with Crippen molar-refractivity contribution in [3.8, 4) is 0 Å². The summed E-state index contributed by atoms with van der Waals surface area (Å²) < 4.78 is 10.8. The van der Waals surface area contributed by atoms with Crippen LogP contribution >= 0.6 is 0 Å². The normalized spacial score (nSPS) is 40.4. The average molecular weight is 489 g/mol. The van der Waals surface area contributed by atoms with Gasteiger partial charge in [0.2, 0.25) is 0 Å². The van der Waals surface area contributed by atoms with Crippen molar-refractivity contribution < 1.29 is 24.5 Å². The second kappa shape index (κ2) is 9.29. The smallest absolute Gasteiger partial charge is 0.340 e. The fourth-order valence-electron chi connectivity index (χ4n) is 8.48. The summed E-state index contributed by atoms with van der Waals surface area (Å²) >= 11 is 0. The topological polar surface area (TPSA) is 76.0 Å². The lowest BCUT2D eigenvalue weighted by Crippen LogP contribution is -2.56. The SMILES string of the molecule is C=C1CC[C@H]2C[C@@]12[C@@H](/C=C1\CCC[C@]2(C)[C@@H]([C@H](C)CCC(C)(O)C(C)(O)C(=O)OC)CC[C@@H]12)OC. The molecule has 5 nitrogen and oxygen atoms in total. The molecule has 0 saturated heterocycles. The summed E-state index contributed by atoms with van der Waals surface area (Å²) in [5.41, 5.74) is -0.0303. The van der Waals surface area contributed by atoms with Gasteiger partial charge in [0.15, 0.2) is 5.60 Å². The first-order chi connectivity index (χ1) is 16.3. The molecule has 0 heterocycles. The third-order valence-electron chi connectivity index (χ3n) is 11.2. The molecule has 0 bridgehead atoms. The minimum atomic E-state index is -1.93. The number of carbonyl (C=O) groups is 1. The number of esters is 1. The van der Waals surface area contributed by atoms with Gasteiger partial charge in [0.05, 0.1) is 13.2 Å². The highest BCUT2D eigenvalue weighted by atomic mass is 16.5. The highest BCUT2D eigenvalue weighted by Crippen LogP contribution is 2.69. The molecule has 4 aliphatic rings. The van der Waals surface area contributed by atoms with Gasteiger partial charge in [0.1, 0.15) is 5.60 Å². The number of ether oxygens (including phenoxy) is 2. The Bertz CT molecular complexity index is 872. The van der Waals surface area contributed by atoms with E-state index < -0.39 is 17.2 Å².